The lowest BCUT2D eigenvalue weighted by Gasteiger charge is -2.25. The molecule has 0 spiro atoms. The van der Waals surface area contributed by atoms with Gasteiger partial charge in [0.15, 0.2) is 0 Å². The van der Waals surface area contributed by atoms with E-state index in [-0.39, 0.29) is 0 Å². The van der Waals surface area contributed by atoms with Crippen LogP contribution < -0.4 is 5.32 Å². The molecule has 1 aliphatic rings. The number of rotatable bonds is 8. The van der Waals surface area contributed by atoms with E-state index in [9.17, 15) is 0 Å². The van der Waals surface area contributed by atoms with Crippen molar-refractivity contribution < 1.29 is 0 Å². The van der Waals surface area contributed by atoms with Crippen molar-refractivity contribution >= 4 is 11.8 Å². The van der Waals surface area contributed by atoms with Crippen LogP contribution in [0.3, 0.4) is 0 Å². The van der Waals surface area contributed by atoms with Gasteiger partial charge in [0.05, 0.1) is 0 Å². The van der Waals surface area contributed by atoms with Crippen molar-refractivity contribution in [2.24, 2.45) is 0 Å². The molecule has 1 aromatic carbocycles. The molecule has 1 saturated carbocycles. The first-order valence-electron chi connectivity index (χ1n) is 8.77. The fourth-order valence-corrected chi connectivity index (χ4v) is 4.63. The Morgan fingerprint density at radius 2 is 1.81 bits per heavy atom. The van der Waals surface area contributed by atoms with E-state index in [1.807, 2.05) is 0 Å². The SMILES string of the molecule is CCCc1ccc(C(CSC2CCCCC2)NCC)cc1. The molecule has 0 heterocycles. The van der Waals surface area contributed by atoms with Crippen LogP contribution in [-0.4, -0.2) is 17.5 Å². The van der Waals surface area contributed by atoms with Crippen LogP contribution in [0.1, 0.15) is 69.5 Å². The Kier molecular flexibility index (Phi) is 7.66. The molecule has 0 aliphatic heterocycles. The summed E-state index contributed by atoms with van der Waals surface area (Å²) >= 11 is 2.19. The Hall–Kier alpha value is -0.470. The van der Waals surface area contributed by atoms with Crippen molar-refractivity contribution in [3.05, 3.63) is 35.4 Å². The highest BCUT2D eigenvalue weighted by atomic mass is 32.2. The van der Waals surface area contributed by atoms with E-state index in [2.05, 4.69) is 55.2 Å². The molecule has 0 amide bonds. The molecule has 1 nitrogen and oxygen atoms in total. The van der Waals surface area contributed by atoms with Gasteiger partial charge in [-0.3, -0.25) is 0 Å². The fraction of sp³-hybridized carbons (Fsp3) is 0.684. The molecule has 2 heteroatoms. The maximum absolute atomic E-state index is 3.67. The summed E-state index contributed by atoms with van der Waals surface area (Å²) in [5.74, 6) is 1.21. The average molecular weight is 306 g/mol. The van der Waals surface area contributed by atoms with Gasteiger partial charge in [0, 0.05) is 17.0 Å². The number of benzene rings is 1. The number of nitrogens with one attached hydrogen (secondary N) is 1. The number of hydrogen-bond donors (Lipinski definition) is 1. The van der Waals surface area contributed by atoms with E-state index in [1.54, 1.807) is 0 Å². The minimum atomic E-state index is 0.512. The highest BCUT2D eigenvalue weighted by Gasteiger charge is 2.17. The van der Waals surface area contributed by atoms with Crippen molar-refractivity contribution in [2.75, 3.05) is 12.3 Å². The molecule has 0 bridgehead atoms. The summed E-state index contributed by atoms with van der Waals surface area (Å²) in [4.78, 5) is 0. The van der Waals surface area contributed by atoms with Crippen LogP contribution in [0.5, 0.6) is 0 Å². The zero-order chi connectivity index (χ0) is 14.9. The number of thioether (sulfide) groups is 1. The van der Waals surface area contributed by atoms with Gasteiger partial charge in [-0.2, -0.15) is 11.8 Å². The molecule has 0 aromatic heterocycles. The summed E-state index contributed by atoms with van der Waals surface area (Å²) in [5, 5.41) is 4.57. The van der Waals surface area contributed by atoms with Gasteiger partial charge in [-0.25, -0.2) is 0 Å². The van der Waals surface area contributed by atoms with Gasteiger partial charge >= 0.3 is 0 Å². The minimum absolute atomic E-state index is 0.512. The highest BCUT2D eigenvalue weighted by Crippen LogP contribution is 2.31. The largest absolute Gasteiger partial charge is 0.310 e. The molecule has 1 aliphatic carbocycles. The third-order valence-electron chi connectivity index (χ3n) is 4.42. The van der Waals surface area contributed by atoms with Crippen molar-refractivity contribution in [3.8, 4) is 0 Å². The Labute approximate surface area is 135 Å². The van der Waals surface area contributed by atoms with E-state index in [1.165, 1.54) is 61.8 Å². The van der Waals surface area contributed by atoms with Crippen LogP contribution in [0, 0.1) is 0 Å². The van der Waals surface area contributed by atoms with Gasteiger partial charge in [-0.1, -0.05) is 63.8 Å². The zero-order valence-corrected chi connectivity index (χ0v) is 14.6. The first-order chi connectivity index (χ1) is 10.3. The molecule has 21 heavy (non-hydrogen) atoms. The van der Waals surface area contributed by atoms with Gasteiger partial charge in [0.2, 0.25) is 0 Å². The summed E-state index contributed by atoms with van der Waals surface area (Å²) in [5.41, 5.74) is 2.93. The van der Waals surface area contributed by atoms with E-state index < -0.39 is 0 Å². The van der Waals surface area contributed by atoms with E-state index in [0.29, 0.717) is 6.04 Å². The fourth-order valence-electron chi connectivity index (χ4n) is 3.19. The summed E-state index contributed by atoms with van der Waals surface area (Å²) in [6.07, 6.45) is 9.62. The second-order valence-electron chi connectivity index (χ2n) is 6.20. The lowest BCUT2D eigenvalue weighted by Crippen LogP contribution is -2.24. The maximum atomic E-state index is 3.67. The van der Waals surface area contributed by atoms with E-state index >= 15 is 0 Å². The highest BCUT2D eigenvalue weighted by molar-refractivity contribution is 7.99. The molecular weight excluding hydrogens is 274 g/mol. The van der Waals surface area contributed by atoms with Gasteiger partial charge < -0.3 is 5.32 Å². The molecule has 1 N–H and O–H groups in total. The first-order valence-corrected chi connectivity index (χ1v) is 9.82. The van der Waals surface area contributed by atoms with Crippen LogP contribution in [0.25, 0.3) is 0 Å². The van der Waals surface area contributed by atoms with Crippen molar-refractivity contribution in [1.82, 2.24) is 5.32 Å². The monoisotopic (exact) mass is 305 g/mol. The average Bonchev–Trinajstić information content (AvgIpc) is 2.54. The summed E-state index contributed by atoms with van der Waals surface area (Å²) < 4.78 is 0. The van der Waals surface area contributed by atoms with Gasteiger partial charge in [0.1, 0.15) is 0 Å². The predicted molar refractivity (Wildman–Crippen MR) is 96.2 cm³/mol. The van der Waals surface area contributed by atoms with Crippen molar-refractivity contribution in [3.63, 3.8) is 0 Å². The molecule has 2 rings (SSSR count). The number of hydrogen-bond acceptors (Lipinski definition) is 2. The molecular formula is C19H31NS. The van der Waals surface area contributed by atoms with Gasteiger partial charge in [-0.05, 0) is 36.9 Å². The van der Waals surface area contributed by atoms with Crippen molar-refractivity contribution in [1.29, 1.82) is 0 Å². The molecule has 1 fully saturated rings. The summed E-state index contributed by atoms with van der Waals surface area (Å²) in [6, 6.07) is 9.81. The Balaban J connectivity index is 1.90. The zero-order valence-electron chi connectivity index (χ0n) is 13.7. The predicted octanol–water partition coefficient (Wildman–Crippen LogP) is 5.36. The van der Waals surface area contributed by atoms with Gasteiger partial charge in [0.25, 0.3) is 0 Å². The molecule has 1 atom stereocenters. The van der Waals surface area contributed by atoms with Crippen LogP contribution >= 0.6 is 11.8 Å². The molecule has 0 radical (unpaired) electrons. The minimum Gasteiger partial charge on any atom is -0.310 e. The van der Waals surface area contributed by atoms with Gasteiger partial charge in [-0.15, -0.1) is 0 Å². The van der Waals surface area contributed by atoms with Crippen LogP contribution in [0.15, 0.2) is 24.3 Å². The molecule has 1 aromatic rings. The Morgan fingerprint density at radius 3 is 2.43 bits per heavy atom. The normalized spacial score (nSPS) is 17.8. The quantitative estimate of drug-likeness (QED) is 0.694. The maximum Gasteiger partial charge on any atom is 0.0411 e. The second-order valence-corrected chi connectivity index (χ2v) is 7.53. The first kappa shape index (κ1) is 16.9. The summed E-state index contributed by atoms with van der Waals surface area (Å²) in [6.45, 7) is 5.51. The smallest absolute Gasteiger partial charge is 0.0411 e. The number of aryl methyl sites for hydroxylation is 1. The van der Waals surface area contributed by atoms with Crippen LogP contribution in [0.2, 0.25) is 0 Å². The lowest BCUT2D eigenvalue weighted by molar-refractivity contribution is 0.514. The van der Waals surface area contributed by atoms with Crippen LogP contribution in [-0.2, 0) is 6.42 Å². The lowest BCUT2D eigenvalue weighted by atomic mass is 10.0. The van der Waals surface area contributed by atoms with Crippen LogP contribution in [0.4, 0.5) is 0 Å². The topological polar surface area (TPSA) is 12.0 Å². The van der Waals surface area contributed by atoms with E-state index in [0.717, 1.165) is 11.8 Å². The Bertz CT molecular complexity index is 381. The molecule has 1 unspecified atom stereocenters. The third-order valence-corrected chi connectivity index (χ3v) is 5.89. The molecule has 0 saturated heterocycles. The standard InChI is InChI=1S/C19H31NS/c1-3-8-16-11-13-17(14-12-16)19(20-4-2)15-21-18-9-6-5-7-10-18/h11-14,18-20H,3-10,15H2,1-2H3. The van der Waals surface area contributed by atoms with E-state index in [4.69, 9.17) is 0 Å². The molecule has 118 valence electrons. The second kappa shape index (κ2) is 9.53. The van der Waals surface area contributed by atoms with Crippen molar-refractivity contribution in [2.45, 2.75) is 70.1 Å². The Morgan fingerprint density at radius 1 is 1.10 bits per heavy atom. The third kappa shape index (κ3) is 5.67. The summed E-state index contributed by atoms with van der Waals surface area (Å²) in [7, 11) is 0.